The first-order chi connectivity index (χ1) is 6.97. The van der Waals surface area contributed by atoms with E-state index in [0.29, 0.717) is 6.07 Å². The van der Waals surface area contributed by atoms with E-state index in [2.05, 4.69) is 4.18 Å². The Morgan fingerprint density at radius 2 is 1.67 bits per heavy atom. The second-order valence-corrected chi connectivity index (χ2v) is 3.91. The van der Waals surface area contributed by atoms with Crippen molar-refractivity contribution in [1.29, 1.82) is 0 Å². The fraction of sp³-hybridized carbons (Fsp3) is 0.333. The van der Waals surface area contributed by atoms with E-state index in [1.165, 1.54) is 0 Å². The normalized spacial score (nSPS) is 10.5. The SMILES string of the molecule is CC.COS(=O)(=O)c1ccc(F)c(F)c1. The summed E-state index contributed by atoms with van der Waals surface area (Å²) in [6.45, 7) is 4.00. The third-order valence-electron chi connectivity index (χ3n) is 1.40. The van der Waals surface area contributed by atoms with E-state index in [0.717, 1.165) is 19.2 Å². The molecule has 0 saturated heterocycles. The number of halogens is 2. The molecule has 0 spiro atoms. The highest BCUT2D eigenvalue weighted by molar-refractivity contribution is 7.86. The summed E-state index contributed by atoms with van der Waals surface area (Å²) in [5.41, 5.74) is 0. The molecule has 3 nitrogen and oxygen atoms in total. The van der Waals surface area contributed by atoms with E-state index in [1.54, 1.807) is 0 Å². The summed E-state index contributed by atoms with van der Waals surface area (Å²) >= 11 is 0. The Labute approximate surface area is 87.8 Å². The van der Waals surface area contributed by atoms with Crippen LogP contribution in [0, 0.1) is 11.6 Å². The zero-order valence-electron chi connectivity index (χ0n) is 8.62. The van der Waals surface area contributed by atoms with Crippen LogP contribution in [0.1, 0.15) is 13.8 Å². The van der Waals surface area contributed by atoms with Crippen molar-refractivity contribution < 1.29 is 21.4 Å². The van der Waals surface area contributed by atoms with Crippen molar-refractivity contribution in [1.82, 2.24) is 0 Å². The van der Waals surface area contributed by atoms with E-state index in [1.807, 2.05) is 13.8 Å². The Morgan fingerprint density at radius 1 is 1.13 bits per heavy atom. The van der Waals surface area contributed by atoms with Gasteiger partial charge in [0.1, 0.15) is 0 Å². The van der Waals surface area contributed by atoms with Crippen LogP contribution < -0.4 is 0 Å². The summed E-state index contributed by atoms with van der Waals surface area (Å²) in [5, 5.41) is 0. The minimum absolute atomic E-state index is 0.408. The smallest absolute Gasteiger partial charge is 0.270 e. The van der Waals surface area contributed by atoms with Gasteiger partial charge < -0.3 is 0 Å². The topological polar surface area (TPSA) is 43.4 Å². The van der Waals surface area contributed by atoms with Crippen molar-refractivity contribution in [3.63, 3.8) is 0 Å². The zero-order chi connectivity index (χ0) is 12.1. The van der Waals surface area contributed by atoms with Gasteiger partial charge in [0.25, 0.3) is 10.1 Å². The quantitative estimate of drug-likeness (QED) is 0.743. The monoisotopic (exact) mass is 238 g/mol. The molecule has 0 atom stereocenters. The molecular formula is C9H12F2O3S. The largest absolute Gasteiger partial charge is 0.296 e. The molecule has 0 aromatic heterocycles. The molecule has 1 rings (SSSR count). The van der Waals surface area contributed by atoms with Crippen LogP contribution in [0.3, 0.4) is 0 Å². The molecule has 0 saturated carbocycles. The van der Waals surface area contributed by atoms with E-state index < -0.39 is 26.6 Å². The summed E-state index contributed by atoms with van der Waals surface area (Å²) in [4.78, 5) is -0.408. The van der Waals surface area contributed by atoms with Crippen LogP contribution in [0.4, 0.5) is 8.78 Å². The van der Waals surface area contributed by atoms with Crippen LogP contribution in [0.25, 0.3) is 0 Å². The number of rotatable bonds is 2. The van der Waals surface area contributed by atoms with Gasteiger partial charge in [0, 0.05) is 0 Å². The van der Waals surface area contributed by atoms with Crippen LogP contribution >= 0.6 is 0 Å². The molecule has 0 aliphatic rings. The van der Waals surface area contributed by atoms with Gasteiger partial charge in [0.05, 0.1) is 12.0 Å². The second-order valence-electron chi connectivity index (χ2n) is 2.20. The molecule has 0 unspecified atom stereocenters. The van der Waals surface area contributed by atoms with Gasteiger partial charge in [-0.15, -0.1) is 0 Å². The van der Waals surface area contributed by atoms with Gasteiger partial charge in [0.2, 0.25) is 0 Å². The van der Waals surface area contributed by atoms with Crippen LogP contribution in [0.2, 0.25) is 0 Å². The Balaban J connectivity index is 0.000000921. The van der Waals surface area contributed by atoms with E-state index in [4.69, 9.17) is 0 Å². The molecule has 0 radical (unpaired) electrons. The first kappa shape index (κ1) is 14.0. The maximum absolute atomic E-state index is 12.6. The summed E-state index contributed by atoms with van der Waals surface area (Å²) < 4.78 is 50.9. The third-order valence-corrected chi connectivity index (χ3v) is 2.67. The highest BCUT2D eigenvalue weighted by Gasteiger charge is 2.15. The predicted molar refractivity (Wildman–Crippen MR) is 51.9 cm³/mol. The van der Waals surface area contributed by atoms with Crippen LogP contribution in [0.5, 0.6) is 0 Å². The molecule has 1 aromatic rings. The van der Waals surface area contributed by atoms with Crippen LogP contribution in [-0.2, 0) is 14.3 Å². The van der Waals surface area contributed by atoms with Crippen molar-refractivity contribution in [3.8, 4) is 0 Å². The fourth-order valence-electron chi connectivity index (χ4n) is 0.729. The number of benzene rings is 1. The van der Waals surface area contributed by atoms with Gasteiger partial charge in [-0.3, -0.25) is 4.18 Å². The van der Waals surface area contributed by atoms with Gasteiger partial charge in [0.15, 0.2) is 11.6 Å². The van der Waals surface area contributed by atoms with Gasteiger partial charge in [-0.05, 0) is 18.2 Å². The molecule has 15 heavy (non-hydrogen) atoms. The molecule has 1 aromatic carbocycles. The van der Waals surface area contributed by atoms with Gasteiger partial charge in [-0.1, -0.05) is 13.8 Å². The van der Waals surface area contributed by atoms with Crippen LogP contribution in [0.15, 0.2) is 23.1 Å². The van der Waals surface area contributed by atoms with Crippen molar-refractivity contribution in [2.24, 2.45) is 0 Å². The van der Waals surface area contributed by atoms with Gasteiger partial charge >= 0.3 is 0 Å². The molecule has 86 valence electrons. The Morgan fingerprint density at radius 3 is 2.07 bits per heavy atom. The molecule has 0 aliphatic heterocycles. The number of hydrogen-bond donors (Lipinski definition) is 0. The lowest BCUT2D eigenvalue weighted by Gasteiger charge is -2.00. The lowest BCUT2D eigenvalue weighted by molar-refractivity contribution is 0.396. The summed E-state index contributed by atoms with van der Waals surface area (Å²) in [6, 6.07) is 2.21. The first-order valence-electron chi connectivity index (χ1n) is 4.23. The van der Waals surface area contributed by atoms with Crippen molar-refractivity contribution in [2.45, 2.75) is 18.7 Å². The van der Waals surface area contributed by atoms with E-state index >= 15 is 0 Å². The van der Waals surface area contributed by atoms with Gasteiger partial charge in [-0.25, -0.2) is 8.78 Å². The molecule has 0 heterocycles. The first-order valence-corrected chi connectivity index (χ1v) is 5.64. The highest BCUT2D eigenvalue weighted by Crippen LogP contribution is 2.14. The lowest BCUT2D eigenvalue weighted by atomic mass is 10.3. The lowest BCUT2D eigenvalue weighted by Crippen LogP contribution is -2.03. The Bertz CT molecular complexity index is 415. The van der Waals surface area contributed by atoms with Crippen LogP contribution in [-0.4, -0.2) is 15.5 Å². The molecule has 6 heteroatoms. The van der Waals surface area contributed by atoms with Crippen molar-refractivity contribution >= 4 is 10.1 Å². The zero-order valence-corrected chi connectivity index (χ0v) is 9.44. The van der Waals surface area contributed by atoms with Crippen molar-refractivity contribution in [2.75, 3.05) is 7.11 Å². The highest BCUT2D eigenvalue weighted by atomic mass is 32.2. The minimum atomic E-state index is -3.94. The Hall–Kier alpha value is -1.01. The maximum Gasteiger partial charge on any atom is 0.296 e. The maximum atomic E-state index is 12.6. The Kier molecular flexibility index (Phi) is 5.38. The van der Waals surface area contributed by atoms with E-state index in [-0.39, 0.29) is 0 Å². The average molecular weight is 238 g/mol. The van der Waals surface area contributed by atoms with Gasteiger partial charge in [-0.2, -0.15) is 8.42 Å². The second kappa shape index (κ2) is 5.77. The minimum Gasteiger partial charge on any atom is -0.270 e. The predicted octanol–water partition coefficient (Wildman–Crippen LogP) is 2.33. The van der Waals surface area contributed by atoms with Crippen molar-refractivity contribution in [3.05, 3.63) is 29.8 Å². The molecule has 0 aliphatic carbocycles. The third kappa shape index (κ3) is 3.56. The number of hydrogen-bond acceptors (Lipinski definition) is 3. The average Bonchev–Trinajstić information content (AvgIpc) is 2.25. The molecule has 0 fully saturated rings. The molecule has 0 N–H and O–H groups in total. The summed E-state index contributed by atoms with van der Waals surface area (Å²) in [7, 11) is -3.00. The molecule has 0 amide bonds. The molecule has 0 bridgehead atoms. The molecular weight excluding hydrogens is 226 g/mol. The standard InChI is InChI=1S/C7H6F2O3S.C2H6/c1-12-13(10,11)5-2-3-6(8)7(9)4-5;1-2/h2-4H,1H3;1-2H3. The summed E-state index contributed by atoms with van der Waals surface area (Å²) in [5.74, 6) is -2.33. The summed E-state index contributed by atoms with van der Waals surface area (Å²) in [6.07, 6.45) is 0. The van der Waals surface area contributed by atoms with E-state index in [9.17, 15) is 17.2 Å². The fourth-order valence-corrected chi connectivity index (χ4v) is 1.40.